The Morgan fingerprint density at radius 2 is 1.88 bits per heavy atom. The average Bonchev–Trinajstić information content (AvgIpc) is 2.28. The number of nitrogens with two attached hydrogens (primary N) is 1. The third-order valence-electron chi connectivity index (χ3n) is 3.10. The molecule has 0 heterocycles. The van der Waals surface area contributed by atoms with Crippen LogP contribution in [0.1, 0.15) is 22.3 Å². The van der Waals surface area contributed by atoms with Crippen LogP contribution in [0.3, 0.4) is 0 Å². The van der Waals surface area contributed by atoms with E-state index >= 15 is 0 Å². The summed E-state index contributed by atoms with van der Waals surface area (Å²) in [6.07, 6.45) is 0. The van der Waals surface area contributed by atoms with Crippen molar-refractivity contribution in [3.8, 4) is 0 Å². The average molecular weight is 239 g/mol. The monoisotopic (exact) mass is 239 g/mol. The maximum absolute atomic E-state index is 11.1. The molecule has 0 fully saturated rings. The van der Waals surface area contributed by atoms with Crippen molar-refractivity contribution in [2.75, 3.05) is 12.4 Å². The molecule has 0 atom stereocenters. The highest BCUT2D eigenvalue weighted by atomic mass is 16.6. The Hall–Kier alpha value is -1.66. The van der Waals surface area contributed by atoms with Crippen LogP contribution in [0.2, 0.25) is 0 Å². The number of hydrogen-bond acceptors (Lipinski definition) is 5. The molecule has 1 rings (SSSR count). The topological polar surface area (TPSA) is 90.4 Å². The van der Waals surface area contributed by atoms with Crippen LogP contribution < -0.4 is 11.2 Å². The summed E-state index contributed by atoms with van der Waals surface area (Å²) in [5, 5.41) is 14.0. The SMILES string of the molecule is CNc1c(C)c(CON)c(C)c(C)c1[N+](=O)[O-]. The number of nitro groups is 1. The standard InChI is InChI=1S/C11H17N3O3/c1-6-7(2)11(14(15)16)10(13-4)8(3)9(6)5-17-12/h13H,5,12H2,1-4H3. The summed E-state index contributed by atoms with van der Waals surface area (Å²) in [6, 6.07) is 0. The predicted octanol–water partition coefficient (Wildman–Crippen LogP) is 1.95. The highest BCUT2D eigenvalue weighted by molar-refractivity contribution is 5.73. The van der Waals surface area contributed by atoms with Gasteiger partial charge >= 0.3 is 0 Å². The number of nitrogens with one attached hydrogen (secondary N) is 1. The van der Waals surface area contributed by atoms with Gasteiger partial charge in [-0.1, -0.05) is 0 Å². The number of benzene rings is 1. The van der Waals surface area contributed by atoms with Crippen LogP contribution in [-0.2, 0) is 11.4 Å². The highest BCUT2D eigenvalue weighted by Crippen LogP contribution is 2.36. The van der Waals surface area contributed by atoms with Gasteiger partial charge in [-0.3, -0.25) is 15.0 Å². The fourth-order valence-corrected chi connectivity index (χ4v) is 2.04. The molecule has 0 bridgehead atoms. The smallest absolute Gasteiger partial charge is 0.295 e. The lowest BCUT2D eigenvalue weighted by Crippen LogP contribution is -2.09. The molecule has 0 radical (unpaired) electrons. The van der Waals surface area contributed by atoms with Crippen LogP contribution in [0.4, 0.5) is 11.4 Å². The van der Waals surface area contributed by atoms with Gasteiger partial charge in [0, 0.05) is 12.6 Å². The van der Waals surface area contributed by atoms with Crippen molar-refractivity contribution in [2.45, 2.75) is 27.4 Å². The maximum atomic E-state index is 11.1. The van der Waals surface area contributed by atoms with E-state index in [2.05, 4.69) is 10.2 Å². The van der Waals surface area contributed by atoms with Crippen LogP contribution in [0.5, 0.6) is 0 Å². The first-order valence-corrected chi connectivity index (χ1v) is 5.22. The van der Waals surface area contributed by atoms with Crippen molar-refractivity contribution in [3.63, 3.8) is 0 Å². The Morgan fingerprint density at radius 1 is 1.29 bits per heavy atom. The molecule has 1 aromatic rings. The molecule has 0 aliphatic rings. The van der Waals surface area contributed by atoms with Crippen LogP contribution in [0.25, 0.3) is 0 Å². The van der Waals surface area contributed by atoms with E-state index in [1.54, 1.807) is 14.0 Å². The molecule has 0 amide bonds. The molecule has 0 aliphatic heterocycles. The van der Waals surface area contributed by atoms with Crippen molar-refractivity contribution in [2.24, 2.45) is 5.90 Å². The first kappa shape index (κ1) is 13.4. The number of anilines is 1. The minimum absolute atomic E-state index is 0.114. The fourth-order valence-electron chi connectivity index (χ4n) is 2.04. The molecular weight excluding hydrogens is 222 g/mol. The van der Waals surface area contributed by atoms with E-state index in [4.69, 9.17) is 5.90 Å². The zero-order chi connectivity index (χ0) is 13.2. The fraction of sp³-hybridized carbons (Fsp3) is 0.455. The Labute approximate surface area is 99.9 Å². The third kappa shape index (κ3) is 2.22. The first-order chi connectivity index (χ1) is 7.95. The molecule has 94 valence electrons. The van der Waals surface area contributed by atoms with Gasteiger partial charge in [-0.05, 0) is 37.5 Å². The molecule has 0 aromatic heterocycles. The Balaban J connectivity index is 3.62. The van der Waals surface area contributed by atoms with Gasteiger partial charge in [-0.25, -0.2) is 5.90 Å². The minimum Gasteiger partial charge on any atom is -0.382 e. The van der Waals surface area contributed by atoms with E-state index in [0.717, 1.165) is 16.7 Å². The van der Waals surface area contributed by atoms with Crippen molar-refractivity contribution in [1.29, 1.82) is 0 Å². The first-order valence-electron chi connectivity index (χ1n) is 5.22. The molecule has 0 unspecified atom stereocenters. The molecule has 17 heavy (non-hydrogen) atoms. The second-order valence-electron chi connectivity index (χ2n) is 3.90. The van der Waals surface area contributed by atoms with Crippen molar-refractivity contribution < 1.29 is 9.76 Å². The lowest BCUT2D eigenvalue weighted by atomic mass is 9.95. The summed E-state index contributed by atoms with van der Waals surface area (Å²) in [4.78, 5) is 15.4. The normalized spacial score (nSPS) is 10.4. The number of nitrogens with zero attached hydrogens (tertiary/aromatic N) is 1. The van der Waals surface area contributed by atoms with E-state index in [0.29, 0.717) is 11.3 Å². The van der Waals surface area contributed by atoms with Gasteiger partial charge in [0.15, 0.2) is 0 Å². The number of hydrogen-bond donors (Lipinski definition) is 2. The second kappa shape index (κ2) is 5.11. The molecule has 1 aromatic carbocycles. The summed E-state index contributed by atoms with van der Waals surface area (Å²) in [7, 11) is 1.66. The van der Waals surface area contributed by atoms with Crippen molar-refractivity contribution in [3.05, 3.63) is 32.4 Å². The van der Waals surface area contributed by atoms with E-state index in [1.165, 1.54) is 0 Å². The van der Waals surface area contributed by atoms with E-state index in [-0.39, 0.29) is 17.2 Å². The summed E-state index contributed by atoms with van der Waals surface area (Å²) in [5.74, 6) is 5.08. The molecule has 6 heteroatoms. The molecule has 6 nitrogen and oxygen atoms in total. The van der Waals surface area contributed by atoms with Gasteiger partial charge in [0.25, 0.3) is 5.69 Å². The van der Waals surface area contributed by atoms with Crippen molar-refractivity contribution >= 4 is 11.4 Å². The maximum Gasteiger partial charge on any atom is 0.295 e. The van der Waals surface area contributed by atoms with Gasteiger partial charge in [-0.15, -0.1) is 0 Å². The second-order valence-corrected chi connectivity index (χ2v) is 3.90. The van der Waals surface area contributed by atoms with Gasteiger partial charge < -0.3 is 5.32 Å². The Kier molecular flexibility index (Phi) is 4.03. The van der Waals surface area contributed by atoms with Crippen LogP contribution >= 0.6 is 0 Å². The van der Waals surface area contributed by atoms with Gasteiger partial charge in [0.05, 0.1) is 11.5 Å². The van der Waals surface area contributed by atoms with Gasteiger partial charge in [-0.2, -0.15) is 0 Å². The lowest BCUT2D eigenvalue weighted by molar-refractivity contribution is -0.384. The van der Waals surface area contributed by atoms with Gasteiger partial charge in [0.2, 0.25) is 0 Å². The Morgan fingerprint density at radius 3 is 2.29 bits per heavy atom. The molecule has 3 N–H and O–H groups in total. The van der Waals surface area contributed by atoms with Crippen molar-refractivity contribution in [1.82, 2.24) is 0 Å². The summed E-state index contributed by atoms with van der Waals surface area (Å²) >= 11 is 0. The largest absolute Gasteiger partial charge is 0.382 e. The molecule has 0 aliphatic carbocycles. The molecule has 0 spiro atoms. The third-order valence-corrected chi connectivity index (χ3v) is 3.10. The number of rotatable bonds is 4. The zero-order valence-corrected chi connectivity index (χ0v) is 10.5. The van der Waals surface area contributed by atoms with Crippen LogP contribution in [-0.4, -0.2) is 12.0 Å². The summed E-state index contributed by atoms with van der Waals surface area (Å²) < 4.78 is 0. The minimum atomic E-state index is -0.367. The van der Waals surface area contributed by atoms with E-state index < -0.39 is 0 Å². The molecule has 0 saturated carbocycles. The van der Waals surface area contributed by atoms with Crippen LogP contribution in [0.15, 0.2) is 0 Å². The van der Waals surface area contributed by atoms with E-state index in [1.807, 2.05) is 13.8 Å². The van der Waals surface area contributed by atoms with E-state index in [9.17, 15) is 10.1 Å². The zero-order valence-electron chi connectivity index (χ0n) is 10.5. The summed E-state index contributed by atoms with van der Waals surface area (Å²) in [5.41, 5.74) is 3.80. The Bertz CT molecular complexity index is 458. The number of nitro benzene ring substituents is 1. The van der Waals surface area contributed by atoms with Gasteiger partial charge in [0.1, 0.15) is 5.69 Å². The van der Waals surface area contributed by atoms with Crippen LogP contribution in [0, 0.1) is 30.9 Å². The summed E-state index contributed by atoms with van der Waals surface area (Å²) in [6.45, 7) is 5.63. The highest BCUT2D eigenvalue weighted by Gasteiger charge is 2.24. The molecule has 0 saturated heterocycles. The quantitative estimate of drug-likeness (QED) is 0.619. The molecular formula is C11H17N3O3. The lowest BCUT2D eigenvalue weighted by Gasteiger charge is -2.16. The predicted molar refractivity (Wildman–Crippen MR) is 65.8 cm³/mol.